The second-order valence-corrected chi connectivity index (χ2v) is 7.02. The van der Waals surface area contributed by atoms with Crippen LogP contribution in [-0.2, 0) is 0 Å². The van der Waals surface area contributed by atoms with Crippen LogP contribution in [0, 0.1) is 0 Å². The number of anilines is 4. The minimum absolute atomic E-state index is 0.164. The van der Waals surface area contributed by atoms with Gasteiger partial charge in [-0.25, -0.2) is 9.78 Å². The van der Waals surface area contributed by atoms with Crippen LogP contribution in [0.5, 0.6) is 0 Å². The van der Waals surface area contributed by atoms with E-state index < -0.39 is 0 Å². The summed E-state index contributed by atoms with van der Waals surface area (Å²) in [5.74, 6) is 0.754. The molecule has 3 N–H and O–H groups in total. The van der Waals surface area contributed by atoms with Gasteiger partial charge in [-0.1, -0.05) is 0 Å². The Bertz CT molecular complexity index is 734. The van der Waals surface area contributed by atoms with Gasteiger partial charge in [0.15, 0.2) is 0 Å². The molecule has 1 aliphatic heterocycles. The lowest BCUT2D eigenvalue weighted by molar-refractivity contribution is 0.251. The minimum atomic E-state index is -0.164. The molecule has 6 nitrogen and oxygen atoms in total. The van der Waals surface area contributed by atoms with E-state index in [0.29, 0.717) is 11.7 Å². The molecular weight excluding hydrogens is 326 g/mol. The van der Waals surface area contributed by atoms with Crippen molar-refractivity contribution in [2.45, 2.75) is 38.1 Å². The number of urea groups is 1. The summed E-state index contributed by atoms with van der Waals surface area (Å²) >= 11 is 0. The van der Waals surface area contributed by atoms with Crippen molar-refractivity contribution in [1.29, 1.82) is 0 Å². The van der Waals surface area contributed by atoms with Gasteiger partial charge in [0, 0.05) is 30.5 Å². The third kappa shape index (κ3) is 4.45. The Kier molecular flexibility index (Phi) is 4.91. The molecule has 0 bridgehead atoms. The third-order valence-electron chi connectivity index (χ3n) is 4.79. The van der Waals surface area contributed by atoms with Crippen molar-refractivity contribution in [2.24, 2.45) is 0 Å². The normalized spacial score (nSPS) is 16.8. The Morgan fingerprint density at radius 3 is 2.35 bits per heavy atom. The number of hydrogen-bond donors (Lipinski definition) is 3. The van der Waals surface area contributed by atoms with Crippen LogP contribution in [0.15, 0.2) is 42.6 Å². The van der Waals surface area contributed by atoms with Gasteiger partial charge in [0.2, 0.25) is 0 Å². The maximum atomic E-state index is 11.7. The molecule has 2 amide bonds. The number of nitrogens with one attached hydrogen (secondary N) is 3. The SMILES string of the molecule is O=C(Nc1ccc(Nc2ccc(N3CCCCC3)cc2)nc1)NC1CC1. The first-order valence-electron chi connectivity index (χ1n) is 9.42. The van der Waals surface area contributed by atoms with Gasteiger partial charge in [-0.3, -0.25) is 0 Å². The largest absolute Gasteiger partial charge is 0.372 e. The molecule has 2 fully saturated rings. The Morgan fingerprint density at radius 1 is 0.962 bits per heavy atom. The van der Waals surface area contributed by atoms with Gasteiger partial charge in [-0.05, 0) is 68.5 Å². The lowest BCUT2D eigenvalue weighted by atomic mass is 10.1. The highest BCUT2D eigenvalue weighted by atomic mass is 16.2. The maximum absolute atomic E-state index is 11.7. The summed E-state index contributed by atoms with van der Waals surface area (Å²) in [5, 5.41) is 8.99. The summed E-state index contributed by atoms with van der Waals surface area (Å²) in [6.07, 6.45) is 7.72. The Balaban J connectivity index is 1.32. The minimum Gasteiger partial charge on any atom is -0.372 e. The van der Waals surface area contributed by atoms with Crippen LogP contribution < -0.4 is 20.9 Å². The fourth-order valence-corrected chi connectivity index (χ4v) is 3.18. The monoisotopic (exact) mass is 351 g/mol. The summed E-state index contributed by atoms with van der Waals surface area (Å²) in [5.41, 5.74) is 2.98. The zero-order chi connectivity index (χ0) is 17.8. The molecular formula is C20H25N5O. The maximum Gasteiger partial charge on any atom is 0.319 e. The summed E-state index contributed by atoms with van der Waals surface area (Å²) in [6, 6.07) is 12.4. The molecule has 1 aliphatic carbocycles. The van der Waals surface area contributed by atoms with Crippen LogP contribution in [0.4, 0.5) is 27.7 Å². The lowest BCUT2D eigenvalue weighted by Crippen LogP contribution is -2.30. The van der Waals surface area contributed by atoms with Gasteiger partial charge in [0.25, 0.3) is 0 Å². The van der Waals surface area contributed by atoms with Crippen molar-refractivity contribution in [3.63, 3.8) is 0 Å². The molecule has 0 atom stereocenters. The number of rotatable bonds is 5. The van der Waals surface area contributed by atoms with Crippen molar-refractivity contribution in [3.8, 4) is 0 Å². The molecule has 1 saturated carbocycles. The number of hydrogen-bond acceptors (Lipinski definition) is 4. The fourth-order valence-electron chi connectivity index (χ4n) is 3.18. The summed E-state index contributed by atoms with van der Waals surface area (Å²) in [4.78, 5) is 18.5. The first kappa shape index (κ1) is 16.7. The van der Waals surface area contributed by atoms with E-state index in [0.717, 1.165) is 37.4 Å². The molecule has 1 aromatic heterocycles. The van der Waals surface area contributed by atoms with E-state index in [9.17, 15) is 4.79 Å². The number of aromatic nitrogens is 1. The van der Waals surface area contributed by atoms with Crippen LogP contribution in [0.25, 0.3) is 0 Å². The van der Waals surface area contributed by atoms with Crippen LogP contribution in [0.3, 0.4) is 0 Å². The van der Waals surface area contributed by atoms with E-state index in [-0.39, 0.29) is 6.03 Å². The highest BCUT2D eigenvalue weighted by Gasteiger charge is 2.23. The number of carbonyl (C=O) groups is 1. The van der Waals surface area contributed by atoms with Gasteiger partial charge < -0.3 is 20.9 Å². The zero-order valence-electron chi connectivity index (χ0n) is 14.9. The highest BCUT2D eigenvalue weighted by molar-refractivity contribution is 5.89. The van der Waals surface area contributed by atoms with E-state index >= 15 is 0 Å². The number of pyridine rings is 1. The Labute approximate surface area is 154 Å². The van der Waals surface area contributed by atoms with Gasteiger partial charge in [-0.15, -0.1) is 0 Å². The average molecular weight is 351 g/mol. The Morgan fingerprint density at radius 2 is 1.69 bits per heavy atom. The number of benzene rings is 1. The first-order valence-corrected chi connectivity index (χ1v) is 9.42. The van der Waals surface area contributed by atoms with E-state index in [1.54, 1.807) is 6.20 Å². The van der Waals surface area contributed by atoms with E-state index in [1.165, 1.54) is 24.9 Å². The van der Waals surface area contributed by atoms with Crippen molar-refractivity contribution in [1.82, 2.24) is 10.3 Å². The van der Waals surface area contributed by atoms with Crippen molar-refractivity contribution < 1.29 is 4.79 Å². The number of nitrogens with zero attached hydrogens (tertiary/aromatic N) is 2. The van der Waals surface area contributed by atoms with E-state index in [2.05, 4.69) is 50.1 Å². The van der Waals surface area contributed by atoms with Crippen LogP contribution in [0.1, 0.15) is 32.1 Å². The van der Waals surface area contributed by atoms with Crippen molar-refractivity contribution >= 4 is 28.9 Å². The average Bonchev–Trinajstić information content (AvgIpc) is 3.48. The van der Waals surface area contributed by atoms with Crippen LogP contribution in [0.2, 0.25) is 0 Å². The molecule has 0 spiro atoms. The van der Waals surface area contributed by atoms with Gasteiger partial charge in [-0.2, -0.15) is 0 Å². The predicted octanol–water partition coefficient (Wildman–Crippen LogP) is 4.10. The lowest BCUT2D eigenvalue weighted by Gasteiger charge is -2.28. The topological polar surface area (TPSA) is 69.3 Å². The molecule has 2 heterocycles. The smallest absolute Gasteiger partial charge is 0.319 e. The molecule has 2 aliphatic rings. The quantitative estimate of drug-likeness (QED) is 0.758. The van der Waals surface area contributed by atoms with Gasteiger partial charge in [0.05, 0.1) is 11.9 Å². The fraction of sp³-hybridized carbons (Fsp3) is 0.400. The summed E-state index contributed by atoms with van der Waals surface area (Å²) in [6.45, 7) is 2.30. The number of piperidine rings is 1. The molecule has 136 valence electrons. The zero-order valence-corrected chi connectivity index (χ0v) is 14.9. The third-order valence-corrected chi connectivity index (χ3v) is 4.79. The molecule has 1 aromatic carbocycles. The second kappa shape index (κ2) is 7.64. The summed E-state index contributed by atoms with van der Waals surface area (Å²) in [7, 11) is 0. The predicted molar refractivity (Wildman–Crippen MR) is 105 cm³/mol. The Hall–Kier alpha value is -2.76. The van der Waals surface area contributed by atoms with Crippen molar-refractivity contribution in [2.75, 3.05) is 28.6 Å². The molecule has 0 radical (unpaired) electrons. The molecule has 2 aromatic rings. The van der Waals surface area contributed by atoms with Crippen LogP contribution in [-0.4, -0.2) is 30.1 Å². The van der Waals surface area contributed by atoms with Gasteiger partial charge >= 0.3 is 6.03 Å². The number of amides is 2. The summed E-state index contributed by atoms with van der Waals surface area (Å²) < 4.78 is 0. The van der Waals surface area contributed by atoms with E-state index in [1.807, 2.05) is 12.1 Å². The van der Waals surface area contributed by atoms with Crippen molar-refractivity contribution in [3.05, 3.63) is 42.6 Å². The molecule has 6 heteroatoms. The molecule has 1 saturated heterocycles. The standard InChI is InChI=1S/C20H25N5O/c26-20(23-16-4-5-16)24-17-8-11-19(21-14-17)22-15-6-9-18(10-7-15)25-12-2-1-3-13-25/h6-11,14,16H,1-5,12-13H2,(H,21,22)(H2,23,24,26). The van der Waals surface area contributed by atoms with E-state index in [4.69, 9.17) is 0 Å². The second-order valence-electron chi connectivity index (χ2n) is 7.02. The molecule has 4 rings (SSSR count). The molecule has 26 heavy (non-hydrogen) atoms. The first-order chi connectivity index (χ1) is 12.8. The highest BCUT2D eigenvalue weighted by Crippen LogP contribution is 2.23. The molecule has 0 unspecified atom stereocenters. The van der Waals surface area contributed by atoms with Crippen LogP contribution >= 0.6 is 0 Å². The number of carbonyl (C=O) groups excluding carboxylic acids is 1. The van der Waals surface area contributed by atoms with Gasteiger partial charge in [0.1, 0.15) is 5.82 Å².